The zero-order valence-electron chi connectivity index (χ0n) is 24.1. The Labute approximate surface area is 233 Å². The van der Waals surface area contributed by atoms with E-state index in [1.54, 1.807) is 18.9 Å². The molecule has 0 bridgehead atoms. The lowest BCUT2D eigenvalue weighted by Gasteiger charge is -2.45. The molecule has 0 aromatic heterocycles. The first-order chi connectivity index (χ1) is 18.8. The highest BCUT2D eigenvalue weighted by molar-refractivity contribution is 5.90. The predicted molar refractivity (Wildman–Crippen MR) is 151 cm³/mol. The fourth-order valence-electron chi connectivity index (χ4n) is 6.21. The Morgan fingerprint density at radius 3 is 2.44 bits per heavy atom. The number of amides is 3. The van der Waals surface area contributed by atoms with E-state index in [0.717, 1.165) is 44.2 Å². The monoisotopic (exact) mass is 541 g/mol. The van der Waals surface area contributed by atoms with Crippen LogP contribution in [-0.4, -0.2) is 78.7 Å². The highest BCUT2D eigenvalue weighted by atomic mass is 16.6. The van der Waals surface area contributed by atoms with Crippen molar-refractivity contribution in [3.05, 3.63) is 35.4 Å². The minimum atomic E-state index is -0.716. The zero-order valence-corrected chi connectivity index (χ0v) is 24.1. The van der Waals surface area contributed by atoms with Crippen LogP contribution in [0.25, 0.3) is 0 Å². The van der Waals surface area contributed by atoms with E-state index in [-0.39, 0.29) is 23.8 Å². The maximum Gasteiger partial charge on any atom is 0.409 e. The molecule has 216 valence electrons. The number of carbonyl (C=O) groups is 3. The van der Waals surface area contributed by atoms with Gasteiger partial charge in [0.1, 0.15) is 6.04 Å². The molecule has 4 rings (SSSR count). The van der Waals surface area contributed by atoms with Crippen molar-refractivity contribution in [3.63, 3.8) is 0 Å². The van der Waals surface area contributed by atoms with Gasteiger partial charge in [-0.05, 0) is 63.1 Å². The van der Waals surface area contributed by atoms with Crippen LogP contribution in [0.2, 0.25) is 0 Å². The van der Waals surface area contributed by atoms with Gasteiger partial charge in [0.15, 0.2) is 6.23 Å². The molecule has 9 nitrogen and oxygen atoms in total. The number of carbonyl (C=O) groups excluding carboxylic acids is 3. The molecular formula is C30H47N5O4. The molecule has 4 atom stereocenters. The largest absolute Gasteiger partial charge is 0.424 e. The molecule has 1 aromatic rings. The molecular weight excluding hydrogens is 494 g/mol. The summed E-state index contributed by atoms with van der Waals surface area (Å²) in [5.74, 6) is -0.544. The standard InChI is InChI=1S/C30H47N5O4/c1-20(2)27(33-28(36)21(3)31-4)29(37)35-18-17-34(23-13-6-5-7-14-23)19-26(35)39-30(38)32-25-16-10-12-22-11-8-9-15-24(22)25/h8-9,11,15,20-21,23,25-27,31H,5-7,10,12-14,16-19H2,1-4H3,(H,32,38)(H,33,36). The van der Waals surface area contributed by atoms with Gasteiger partial charge in [-0.25, -0.2) is 4.79 Å². The number of rotatable bonds is 8. The number of benzene rings is 1. The number of hydrogen-bond acceptors (Lipinski definition) is 6. The maximum absolute atomic E-state index is 13.9. The smallest absolute Gasteiger partial charge is 0.409 e. The van der Waals surface area contributed by atoms with Crippen LogP contribution in [0.3, 0.4) is 0 Å². The second kappa shape index (κ2) is 13.6. The van der Waals surface area contributed by atoms with Crippen molar-refractivity contribution < 1.29 is 19.1 Å². The van der Waals surface area contributed by atoms with Gasteiger partial charge in [-0.1, -0.05) is 57.4 Å². The Bertz CT molecular complexity index is 995. The van der Waals surface area contributed by atoms with Crippen LogP contribution < -0.4 is 16.0 Å². The first-order valence-corrected chi connectivity index (χ1v) is 14.9. The predicted octanol–water partition coefficient (Wildman–Crippen LogP) is 3.34. The van der Waals surface area contributed by atoms with Crippen LogP contribution in [0.4, 0.5) is 4.79 Å². The summed E-state index contributed by atoms with van der Waals surface area (Å²) < 4.78 is 6.06. The van der Waals surface area contributed by atoms with Crippen LogP contribution >= 0.6 is 0 Å². The van der Waals surface area contributed by atoms with Crippen molar-refractivity contribution in [2.75, 3.05) is 26.7 Å². The lowest BCUT2D eigenvalue weighted by molar-refractivity contribution is -0.154. The third kappa shape index (κ3) is 7.31. The Morgan fingerprint density at radius 2 is 1.72 bits per heavy atom. The normalized spacial score (nSPS) is 24.0. The van der Waals surface area contributed by atoms with E-state index < -0.39 is 24.4 Å². The van der Waals surface area contributed by atoms with Crippen molar-refractivity contribution in [1.29, 1.82) is 0 Å². The molecule has 1 saturated heterocycles. The van der Waals surface area contributed by atoms with E-state index in [4.69, 9.17) is 4.74 Å². The summed E-state index contributed by atoms with van der Waals surface area (Å²) >= 11 is 0. The first-order valence-electron chi connectivity index (χ1n) is 14.9. The Morgan fingerprint density at radius 1 is 0.974 bits per heavy atom. The number of ether oxygens (including phenoxy) is 1. The summed E-state index contributed by atoms with van der Waals surface area (Å²) in [6.45, 7) is 7.29. The van der Waals surface area contributed by atoms with E-state index in [1.807, 2.05) is 26.0 Å². The minimum absolute atomic E-state index is 0.102. The number of likely N-dealkylation sites (N-methyl/N-ethyl adjacent to an activating group) is 1. The second-order valence-corrected chi connectivity index (χ2v) is 11.7. The van der Waals surface area contributed by atoms with Crippen molar-refractivity contribution in [2.45, 2.75) is 103 Å². The van der Waals surface area contributed by atoms with Gasteiger partial charge in [0.05, 0.1) is 18.6 Å². The number of nitrogens with one attached hydrogen (secondary N) is 3. The van der Waals surface area contributed by atoms with Gasteiger partial charge in [-0.2, -0.15) is 0 Å². The number of aryl methyl sites for hydroxylation is 1. The minimum Gasteiger partial charge on any atom is -0.424 e. The lowest BCUT2D eigenvalue weighted by Crippen LogP contribution is -2.63. The van der Waals surface area contributed by atoms with Gasteiger partial charge in [0.25, 0.3) is 0 Å². The van der Waals surface area contributed by atoms with Gasteiger partial charge in [-0.15, -0.1) is 0 Å². The van der Waals surface area contributed by atoms with Crippen LogP contribution in [0.1, 0.15) is 82.9 Å². The molecule has 9 heteroatoms. The molecule has 3 amide bonds. The quantitative estimate of drug-likeness (QED) is 0.467. The van der Waals surface area contributed by atoms with Gasteiger partial charge in [-0.3, -0.25) is 14.5 Å². The highest BCUT2D eigenvalue weighted by Gasteiger charge is 2.40. The fraction of sp³-hybridized carbons (Fsp3) is 0.700. The Hall–Kier alpha value is -2.65. The third-order valence-electron chi connectivity index (χ3n) is 8.70. The average Bonchev–Trinajstić information content (AvgIpc) is 2.95. The molecule has 1 heterocycles. The first kappa shape index (κ1) is 29.3. The molecule has 1 aliphatic heterocycles. The Kier molecular flexibility index (Phi) is 10.2. The summed E-state index contributed by atoms with van der Waals surface area (Å²) in [5, 5.41) is 8.94. The van der Waals surface area contributed by atoms with E-state index in [1.165, 1.54) is 24.8 Å². The summed E-state index contributed by atoms with van der Waals surface area (Å²) in [4.78, 5) is 43.9. The fourth-order valence-corrected chi connectivity index (χ4v) is 6.21. The van der Waals surface area contributed by atoms with Gasteiger partial charge in [0, 0.05) is 19.1 Å². The van der Waals surface area contributed by atoms with Gasteiger partial charge in [0.2, 0.25) is 11.8 Å². The number of piperazine rings is 1. The van der Waals surface area contributed by atoms with Crippen molar-refractivity contribution in [3.8, 4) is 0 Å². The molecule has 0 spiro atoms. The van der Waals surface area contributed by atoms with E-state index in [2.05, 4.69) is 33.0 Å². The van der Waals surface area contributed by atoms with Crippen LogP contribution in [0, 0.1) is 5.92 Å². The molecule has 0 radical (unpaired) electrons. The van der Waals surface area contributed by atoms with Gasteiger partial charge >= 0.3 is 6.09 Å². The SMILES string of the molecule is CNC(C)C(=O)NC(C(=O)N1CCN(C2CCCCC2)CC1OC(=O)NC1CCCc2ccccc21)C(C)C. The molecule has 3 aliphatic rings. The van der Waals surface area contributed by atoms with Gasteiger partial charge < -0.3 is 25.6 Å². The molecule has 2 fully saturated rings. The molecule has 2 aliphatic carbocycles. The zero-order chi connectivity index (χ0) is 27.9. The summed E-state index contributed by atoms with van der Waals surface area (Å²) in [6, 6.07) is 7.46. The number of alkyl carbamates (subject to hydrolysis) is 1. The average molecular weight is 542 g/mol. The van der Waals surface area contributed by atoms with Crippen LogP contribution in [0.15, 0.2) is 24.3 Å². The summed E-state index contributed by atoms with van der Waals surface area (Å²) in [6.07, 6.45) is 7.62. The topological polar surface area (TPSA) is 103 Å². The van der Waals surface area contributed by atoms with Crippen LogP contribution in [-0.2, 0) is 20.7 Å². The highest BCUT2D eigenvalue weighted by Crippen LogP contribution is 2.30. The van der Waals surface area contributed by atoms with E-state index in [0.29, 0.717) is 19.1 Å². The van der Waals surface area contributed by atoms with Crippen molar-refractivity contribution in [2.24, 2.45) is 5.92 Å². The molecule has 1 saturated carbocycles. The maximum atomic E-state index is 13.9. The van der Waals surface area contributed by atoms with Crippen molar-refractivity contribution >= 4 is 17.9 Å². The number of fused-ring (bicyclic) bond motifs is 1. The number of hydrogen-bond donors (Lipinski definition) is 3. The molecule has 1 aromatic carbocycles. The molecule has 3 N–H and O–H groups in total. The van der Waals surface area contributed by atoms with E-state index in [9.17, 15) is 14.4 Å². The lowest BCUT2D eigenvalue weighted by atomic mass is 9.88. The molecule has 4 unspecified atom stereocenters. The third-order valence-corrected chi connectivity index (χ3v) is 8.70. The molecule has 39 heavy (non-hydrogen) atoms. The summed E-state index contributed by atoms with van der Waals surface area (Å²) in [5.41, 5.74) is 2.40. The second-order valence-electron chi connectivity index (χ2n) is 11.7. The van der Waals surface area contributed by atoms with Crippen LogP contribution in [0.5, 0.6) is 0 Å². The summed E-state index contributed by atoms with van der Waals surface area (Å²) in [7, 11) is 1.72. The number of nitrogens with zero attached hydrogens (tertiary/aromatic N) is 2. The van der Waals surface area contributed by atoms with E-state index >= 15 is 0 Å². The van der Waals surface area contributed by atoms with Crippen molar-refractivity contribution in [1.82, 2.24) is 25.8 Å². The Balaban J connectivity index is 1.49.